The molecule has 0 radical (unpaired) electrons. The number of ketones is 1. The van der Waals surface area contributed by atoms with E-state index in [9.17, 15) is 4.79 Å². The SMILES string of the molecule is CCOc1cc2c(c(F)c1OCC)C(=NBr)N(CC(=O)c1cc(N3CCN(CC#N)CC3)c(OC)c(C(C)(C)C)c1)C2. The summed E-state index contributed by atoms with van der Waals surface area (Å²) in [7, 11) is 1.66. The fraction of sp³-hybridized carbons (Fsp3) is 0.516. The largest absolute Gasteiger partial charge is 0.494 e. The summed E-state index contributed by atoms with van der Waals surface area (Å²) in [5.41, 5.74) is 3.01. The van der Waals surface area contributed by atoms with Crippen LogP contribution >= 0.6 is 16.1 Å². The maximum absolute atomic E-state index is 15.8. The summed E-state index contributed by atoms with van der Waals surface area (Å²) in [5, 5.41) is 9.10. The second-order valence-corrected chi connectivity index (χ2v) is 11.7. The monoisotopic (exact) mass is 643 g/mol. The molecule has 0 unspecified atom stereocenters. The van der Waals surface area contributed by atoms with Crippen LogP contribution in [0.5, 0.6) is 17.2 Å². The Morgan fingerprint density at radius 1 is 1.10 bits per heavy atom. The van der Waals surface area contributed by atoms with Gasteiger partial charge in [-0.25, -0.2) is 4.39 Å². The van der Waals surface area contributed by atoms with Crippen molar-refractivity contribution in [2.45, 2.75) is 46.6 Å². The molecule has 226 valence electrons. The molecular formula is C31H39BrFN5O4. The molecule has 0 bridgehead atoms. The summed E-state index contributed by atoms with van der Waals surface area (Å²) in [6, 6.07) is 7.79. The Kier molecular flexibility index (Phi) is 10.00. The third-order valence-electron chi connectivity index (χ3n) is 7.57. The number of nitrogens with zero attached hydrogens (tertiary/aromatic N) is 5. The minimum atomic E-state index is -0.553. The zero-order valence-corrected chi connectivity index (χ0v) is 26.8. The number of rotatable bonds is 10. The summed E-state index contributed by atoms with van der Waals surface area (Å²) in [6.45, 7) is 14.1. The maximum atomic E-state index is 15.8. The van der Waals surface area contributed by atoms with Gasteiger partial charge in [0.2, 0.25) is 0 Å². The van der Waals surface area contributed by atoms with Crippen LogP contribution in [0.1, 0.15) is 61.7 Å². The van der Waals surface area contributed by atoms with Crippen molar-refractivity contribution in [1.29, 1.82) is 5.26 Å². The van der Waals surface area contributed by atoms with Gasteiger partial charge < -0.3 is 24.0 Å². The van der Waals surface area contributed by atoms with Gasteiger partial charge in [0.25, 0.3) is 0 Å². The van der Waals surface area contributed by atoms with E-state index < -0.39 is 5.82 Å². The first kappa shape index (κ1) is 31.6. The highest BCUT2D eigenvalue weighted by atomic mass is 79.9. The number of carbonyl (C=O) groups excluding carboxylic acids is 1. The molecule has 2 aliphatic heterocycles. The van der Waals surface area contributed by atoms with Crippen molar-refractivity contribution in [2.24, 2.45) is 4.02 Å². The van der Waals surface area contributed by atoms with Gasteiger partial charge in [-0.1, -0.05) is 20.8 Å². The molecule has 2 heterocycles. The summed E-state index contributed by atoms with van der Waals surface area (Å²) >= 11 is 3.16. The van der Waals surface area contributed by atoms with Crippen molar-refractivity contribution >= 4 is 33.5 Å². The highest BCUT2D eigenvalue weighted by molar-refractivity contribution is 9.08. The van der Waals surface area contributed by atoms with Gasteiger partial charge in [0, 0.05) is 43.9 Å². The Morgan fingerprint density at radius 3 is 2.36 bits per heavy atom. The van der Waals surface area contributed by atoms with E-state index in [1.165, 1.54) is 0 Å². The van der Waals surface area contributed by atoms with Crippen LogP contribution in [-0.2, 0) is 12.0 Å². The van der Waals surface area contributed by atoms with E-state index in [0.717, 1.165) is 30.1 Å². The first-order valence-corrected chi connectivity index (χ1v) is 14.9. The van der Waals surface area contributed by atoms with Crippen LogP contribution < -0.4 is 19.1 Å². The highest BCUT2D eigenvalue weighted by Crippen LogP contribution is 2.42. The van der Waals surface area contributed by atoms with Crippen LogP contribution in [0.3, 0.4) is 0 Å². The standard InChI is InChI=1S/C31H39BrFN5O4/c1-7-41-25-17-21-18-38(30(35-32)26(21)27(33)29(25)42-8-2)19-24(39)20-15-22(31(3,4)5)28(40-6)23(16-20)37-13-11-36(10-9-34)12-14-37/h15-17H,7-8,10-14,18-19H2,1-6H3. The Bertz CT molecular complexity index is 1390. The molecule has 0 amide bonds. The smallest absolute Gasteiger partial charge is 0.197 e. The van der Waals surface area contributed by atoms with Crippen molar-refractivity contribution in [3.05, 3.63) is 46.3 Å². The van der Waals surface area contributed by atoms with Gasteiger partial charge in [-0.2, -0.15) is 9.28 Å². The summed E-state index contributed by atoms with van der Waals surface area (Å²) in [5.74, 6) is 0.788. The van der Waals surface area contributed by atoms with E-state index in [0.29, 0.717) is 61.1 Å². The number of Topliss-reactive ketones (excluding diaryl/α,β-unsaturated/α-hetero) is 1. The molecule has 2 aromatic rings. The molecule has 0 N–H and O–H groups in total. The van der Waals surface area contributed by atoms with Crippen LogP contribution in [0, 0.1) is 17.1 Å². The van der Waals surface area contributed by atoms with E-state index >= 15 is 4.39 Å². The lowest BCUT2D eigenvalue weighted by Crippen LogP contribution is -2.46. The van der Waals surface area contributed by atoms with Crippen LogP contribution in [0.2, 0.25) is 0 Å². The number of hydrogen-bond donors (Lipinski definition) is 0. The van der Waals surface area contributed by atoms with Crippen molar-refractivity contribution in [1.82, 2.24) is 9.80 Å². The van der Waals surface area contributed by atoms with Crippen molar-refractivity contribution < 1.29 is 23.4 Å². The lowest BCUT2D eigenvalue weighted by atomic mass is 9.84. The van der Waals surface area contributed by atoms with Gasteiger partial charge in [0.15, 0.2) is 23.1 Å². The van der Waals surface area contributed by atoms with E-state index in [-0.39, 0.29) is 30.1 Å². The van der Waals surface area contributed by atoms with Crippen LogP contribution in [0.25, 0.3) is 0 Å². The average molecular weight is 645 g/mol. The molecule has 0 aromatic heterocycles. The summed E-state index contributed by atoms with van der Waals surface area (Å²) in [6.07, 6.45) is 0. The molecule has 0 atom stereocenters. The fourth-order valence-electron chi connectivity index (χ4n) is 5.52. The third kappa shape index (κ3) is 6.35. The van der Waals surface area contributed by atoms with Gasteiger partial charge in [-0.15, -0.1) is 0 Å². The zero-order valence-electron chi connectivity index (χ0n) is 25.2. The van der Waals surface area contributed by atoms with E-state index in [1.807, 2.05) is 19.1 Å². The van der Waals surface area contributed by atoms with Crippen LogP contribution in [0.4, 0.5) is 10.1 Å². The molecule has 4 rings (SSSR count). The van der Waals surface area contributed by atoms with Crippen LogP contribution in [-0.4, -0.2) is 81.0 Å². The number of ether oxygens (including phenoxy) is 3. The number of benzene rings is 2. The minimum Gasteiger partial charge on any atom is -0.494 e. The van der Waals surface area contributed by atoms with Crippen molar-refractivity contribution in [3.63, 3.8) is 0 Å². The molecule has 42 heavy (non-hydrogen) atoms. The number of fused-ring (bicyclic) bond motifs is 1. The predicted molar refractivity (Wildman–Crippen MR) is 165 cm³/mol. The Labute approximate surface area is 256 Å². The van der Waals surface area contributed by atoms with E-state index in [2.05, 4.69) is 56.8 Å². The number of carbonyl (C=O) groups is 1. The maximum Gasteiger partial charge on any atom is 0.197 e. The topological polar surface area (TPSA) is 90.6 Å². The van der Waals surface area contributed by atoms with Crippen LogP contribution in [0.15, 0.2) is 22.2 Å². The number of amidine groups is 1. The van der Waals surface area contributed by atoms with Crippen molar-refractivity contribution in [2.75, 3.05) is 64.5 Å². The van der Waals surface area contributed by atoms with E-state index in [4.69, 9.17) is 19.5 Å². The Balaban J connectivity index is 1.68. The molecule has 0 saturated carbocycles. The Morgan fingerprint density at radius 2 is 1.79 bits per heavy atom. The second-order valence-electron chi connectivity index (χ2n) is 11.4. The lowest BCUT2D eigenvalue weighted by Gasteiger charge is -2.37. The quantitative estimate of drug-likeness (QED) is 0.254. The number of halogens is 2. The fourth-order valence-corrected chi connectivity index (χ4v) is 5.93. The first-order chi connectivity index (χ1) is 20.1. The lowest BCUT2D eigenvalue weighted by molar-refractivity contribution is 0.0963. The normalized spacial score (nSPS) is 16.4. The van der Waals surface area contributed by atoms with Gasteiger partial charge >= 0.3 is 0 Å². The zero-order chi connectivity index (χ0) is 30.6. The number of hydrogen-bond acceptors (Lipinski definition) is 8. The number of nitriles is 1. The van der Waals surface area contributed by atoms with Crippen molar-refractivity contribution in [3.8, 4) is 23.3 Å². The molecule has 1 saturated heterocycles. The van der Waals surface area contributed by atoms with E-state index in [1.54, 1.807) is 25.0 Å². The second kappa shape index (κ2) is 13.3. The van der Waals surface area contributed by atoms with Gasteiger partial charge in [-0.05, 0) is 43.0 Å². The number of anilines is 1. The molecule has 0 aliphatic carbocycles. The number of piperazine rings is 1. The molecule has 1 fully saturated rings. The average Bonchev–Trinajstić information content (AvgIpc) is 3.31. The minimum absolute atomic E-state index is 0.00219. The molecule has 9 nitrogen and oxygen atoms in total. The summed E-state index contributed by atoms with van der Waals surface area (Å²) < 4.78 is 37.2. The third-order valence-corrected chi connectivity index (χ3v) is 7.90. The molecule has 11 heteroatoms. The van der Waals surface area contributed by atoms with Gasteiger partial charge in [-0.3, -0.25) is 9.69 Å². The van der Waals surface area contributed by atoms with Gasteiger partial charge in [0.05, 0.1) is 66.9 Å². The first-order valence-electron chi connectivity index (χ1n) is 14.2. The number of methoxy groups -OCH3 is 1. The molecular weight excluding hydrogens is 605 g/mol. The molecule has 2 aliphatic rings. The molecule has 2 aromatic carbocycles. The highest BCUT2D eigenvalue weighted by Gasteiger charge is 2.35. The predicted octanol–water partition coefficient (Wildman–Crippen LogP) is 5.33. The molecule has 0 spiro atoms. The van der Waals surface area contributed by atoms with Gasteiger partial charge in [0.1, 0.15) is 11.6 Å². The summed E-state index contributed by atoms with van der Waals surface area (Å²) in [4.78, 5) is 20.0. The Hall–Kier alpha value is -3.36.